The normalized spacial score (nSPS) is 12.4. The van der Waals surface area contributed by atoms with E-state index >= 15 is 0 Å². The van der Waals surface area contributed by atoms with Crippen LogP contribution in [0.4, 0.5) is 13.2 Å². The summed E-state index contributed by atoms with van der Waals surface area (Å²) in [6.45, 7) is 1.05. The van der Waals surface area contributed by atoms with E-state index in [9.17, 15) is 13.2 Å². The van der Waals surface area contributed by atoms with Crippen molar-refractivity contribution in [3.63, 3.8) is 0 Å². The van der Waals surface area contributed by atoms with Crippen molar-refractivity contribution in [2.75, 3.05) is 19.7 Å². The zero-order valence-electron chi connectivity index (χ0n) is 9.63. The number of aryl methyl sites for hydroxylation is 1. The summed E-state index contributed by atoms with van der Waals surface area (Å²) in [5.41, 5.74) is 0. The molecule has 1 aromatic rings. The summed E-state index contributed by atoms with van der Waals surface area (Å²) in [6, 6.07) is 3.79. The van der Waals surface area contributed by atoms with Crippen molar-refractivity contribution >= 4 is 11.3 Å². The summed E-state index contributed by atoms with van der Waals surface area (Å²) in [6.07, 6.45) is -3.33. The van der Waals surface area contributed by atoms with Gasteiger partial charge in [-0.1, -0.05) is 6.92 Å². The van der Waals surface area contributed by atoms with Gasteiger partial charge >= 0.3 is 6.18 Å². The van der Waals surface area contributed by atoms with Gasteiger partial charge in [0.15, 0.2) is 0 Å². The van der Waals surface area contributed by atoms with Gasteiger partial charge in [-0.05, 0) is 18.6 Å². The SMILES string of the molecule is CCc1ccc(CN(CCO)CC(F)(F)F)s1. The van der Waals surface area contributed by atoms with E-state index in [4.69, 9.17) is 5.11 Å². The molecule has 0 spiro atoms. The van der Waals surface area contributed by atoms with Crippen molar-refractivity contribution in [3.8, 4) is 0 Å². The van der Waals surface area contributed by atoms with Crippen LogP contribution in [0.15, 0.2) is 12.1 Å². The minimum atomic E-state index is -4.22. The molecule has 0 aliphatic heterocycles. The Bertz CT molecular complexity index is 338. The van der Waals surface area contributed by atoms with Crippen molar-refractivity contribution < 1.29 is 18.3 Å². The number of aliphatic hydroxyl groups excluding tert-OH is 1. The number of hydrogen-bond acceptors (Lipinski definition) is 3. The number of hydrogen-bond donors (Lipinski definition) is 1. The first-order valence-electron chi connectivity index (χ1n) is 5.42. The van der Waals surface area contributed by atoms with Gasteiger partial charge in [0.1, 0.15) is 0 Å². The van der Waals surface area contributed by atoms with Gasteiger partial charge in [0.2, 0.25) is 0 Å². The molecule has 1 rings (SSSR count). The van der Waals surface area contributed by atoms with E-state index in [1.165, 1.54) is 16.2 Å². The van der Waals surface area contributed by atoms with Gasteiger partial charge in [-0.15, -0.1) is 11.3 Å². The zero-order chi connectivity index (χ0) is 12.9. The maximum Gasteiger partial charge on any atom is 0.401 e. The molecule has 2 nitrogen and oxygen atoms in total. The summed E-state index contributed by atoms with van der Waals surface area (Å²) < 4.78 is 36.8. The maximum atomic E-state index is 12.3. The van der Waals surface area contributed by atoms with Crippen LogP contribution in [0.5, 0.6) is 0 Å². The fourth-order valence-corrected chi connectivity index (χ4v) is 2.53. The minimum Gasteiger partial charge on any atom is -0.395 e. The topological polar surface area (TPSA) is 23.5 Å². The van der Waals surface area contributed by atoms with Crippen molar-refractivity contribution in [3.05, 3.63) is 21.9 Å². The quantitative estimate of drug-likeness (QED) is 0.856. The number of aliphatic hydroxyl groups is 1. The number of nitrogens with zero attached hydrogens (tertiary/aromatic N) is 1. The Balaban J connectivity index is 2.59. The van der Waals surface area contributed by atoms with E-state index < -0.39 is 12.7 Å². The van der Waals surface area contributed by atoms with Crippen molar-refractivity contribution in [2.24, 2.45) is 0 Å². The third-order valence-electron chi connectivity index (χ3n) is 2.26. The molecular weight excluding hydrogens is 251 g/mol. The van der Waals surface area contributed by atoms with Crippen molar-refractivity contribution in [1.82, 2.24) is 4.90 Å². The molecule has 0 amide bonds. The molecule has 0 radical (unpaired) electrons. The second-order valence-electron chi connectivity index (χ2n) is 3.77. The number of thiophene rings is 1. The number of rotatable bonds is 6. The Kier molecular flexibility index (Phi) is 5.42. The van der Waals surface area contributed by atoms with Crippen LogP contribution in [0.25, 0.3) is 0 Å². The molecule has 1 heterocycles. The van der Waals surface area contributed by atoms with Crippen LogP contribution in [0.3, 0.4) is 0 Å². The van der Waals surface area contributed by atoms with E-state index in [0.29, 0.717) is 0 Å². The molecule has 0 fully saturated rings. The molecule has 6 heteroatoms. The third-order valence-corrected chi connectivity index (χ3v) is 3.48. The highest BCUT2D eigenvalue weighted by atomic mass is 32.1. The Labute approximate surface area is 103 Å². The summed E-state index contributed by atoms with van der Waals surface area (Å²) in [5, 5.41) is 8.76. The minimum absolute atomic E-state index is 0.0405. The van der Waals surface area contributed by atoms with Gasteiger partial charge in [0.05, 0.1) is 13.2 Å². The first-order valence-corrected chi connectivity index (χ1v) is 6.24. The Hall–Kier alpha value is -0.590. The predicted molar refractivity (Wildman–Crippen MR) is 62.1 cm³/mol. The molecule has 1 aromatic heterocycles. The summed E-state index contributed by atoms with van der Waals surface area (Å²) in [5.74, 6) is 0. The first-order chi connectivity index (χ1) is 7.94. The highest BCUT2D eigenvalue weighted by Crippen LogP contribution is 2.21. The number of halogens is 3. The lowest BCUT2D eigenvalue weighted by Crippen LogP contribution is -2.35. The van der Waals surface area contributed by atoms with Gasteiger partial charge in [0, 0.05) is 22.8 Å². The van der Waals surface area contributed by atoms with E-state index in [1.54, 1.807) is 0 Å². The smallest absolute Gasteiger partial charge is 0.395 e. The summed E-state index contributed by atoms with van der Waals surface area (Å²) in [4.78, 5) is 3.28. The van der Waals surface area contributed by atoms with Crippen LogP contribution >= 0.6 is 11.3 Å². The van der Waals surface area contributed by atoms with E-state index in [-0.39, 0.29) is 19.7 Å². The zero-order valence-corrected chi connectivity index (χ0v) is 10.4. The summed E-state index contributed by atoms with van der Waals surface area (Å²) in [7, 11) is 0. The molecule has 0 saturated carbocycles. The van der Waals surface area contributed by atoms with Crippen LogP contribution in [0.2, 0.25) is 0 Å². The second-order valence-corrected chi connectivity index (χ2v) is 5.02. The molecule has 0 unspecified atom stereocenters. The highest BCUT2D eigenvalue weighted by Gasteiger charge is 2.30. The number of alkyl halides is 3. The monoisotopic (exact) mass is 267 g/mol. The summed E-state index contributed by atoms with van der Waals surface area (Å²) >= 11 is 1.52. The lowest BCUT2D eigenvalue weighted by atomic mass is 10.3. The fraction of sp³-hybridized carbons (Fsp3) is 0.636. The van der Waals surface area contributed by atoms with E-state index in [2.05, 4.69) is 0 Å². The molecule has 17 heavy (non-hydrogen) atoms. The lowest BCUT2D eigenvalue weighted by Gasteiger charge is -2.21. The lowest BCUT2D eigenvalue weighted by molar-refractivity contribution is -0.147. The van der Waals surface area contributed by atoms with Crippen LogP contribution in [-0.2, 0) is 13.0 Å². The van der Waals surface area contributed by atoms with E-state index in [0.717, 1.165) is 16.2 Å². The van der Waals surface area contributed by atoms with Crippen LogP contribution in [-0.4, -0.2) is 35.9 Å². The van der Waals surface area contributed by atoms with Crippen LogP contribution in [0, 0.1) is 0 Å². The van der Waals surface area contributed by atoms with E-state index in [1.807, 2.05) is 19.1 Å². The van der Waals surface area contributed by atoms with Crippen LogP contribution < -0.4 is 0 Å². The van der Waals surface area contributed by atoms with Gasteiger partial charge in [-0.3, -0.25) is 4.90 Å². The molecule has 0 aliphatic carbocycles. The standard InChI is InChI=1S/C11H16F3NOS/c1-2-9-3-4-10(17-9)7-15(5-6-16)8-11(12,13)14/h3-4,16H,2,5-8H2,1H3. The molecule has 1 N–H and O–H groups in total. The first kappa shape index (κ1) is 14.5. The average molecular weight is 267 g/mol. The average Bonchev–Trinajstić information content (AvgIpc) is 2.63. The van der Waals surface area contributed by atoms with Crippen LogP contribution in [0.1, 0.15) is 16.7 Å². The Morgan fingerprint density at radius 1 is 1.29 bits per heavy atom. The molecule has 98 valence electrons. The predicted octanol–water partition coefficient (Wildman–Crippen LogP) is 2.67. The third kappa shape index (κ3) is 5.52. The Morgan fingerprint density at radius 2 is 1.94 bits per heavy atom. The van der Waals surface area contributed by atoms with Crippen molar-refractivity contribution in [1.29, 1.82) is 0 Å². The van der Waals surface area contributed by atoms with Gasteiger partial charge in [0.25, 0.3) is 0 Å². The molecule has 0 aromatic carbocycles. The second kappa shape index (κ2) is 6.37. The van der Waals surface area contributed by atoms with Gasteiger partial charge < -0.3 is 5.11 Å². The molecular formula is C11H16F3NOS. The maximum absolute atomic E-state index is 12.3. The molecule has 0 saturated heterocycles. The Morgan fingerprint density at radius 3 is 2.41 bits per heavy atom. The molecule has 0 bridgehead atoms. The van der Waals surface area contributed by atoms with Gasteiger partial charge in [-0.2, -0.15) is 13.2 Å². The van der Waals surface area contributed by atoms with Gasteiger partial charge in [-0.25, -0.2) is 0 Å². The fourth-order valence-electron chi connectivity index (χ4n) is 1.53. The molecule has 0 aliphatic rings. The largest absolute Gasteiger partial charge is 0.401 e. The highest BCUT2D eigenvalue weighted by molar-refractivity contribution is 7.11. The molecule has 0 atom stereocenters. The van der Waals surface area contributed by atoms with Crippen molar-refractivity contribution in [2.45, 2.75) is 26.1 Å².